The number of nitrogens with one attached hydrogen (secondary N) is 4. The third-order valence-corrected chi connectivity index (χ3v) is 20.0. The molecule has 23 heteroatoms. The number of carboxylic acid groups (broad SMARTS) is 1. The van der Waals surface area contributed by atoms with Crippen molar-refractivity contribution in [2.75, 3.05) is 32.7 Å². The first kappa shape index (κ1) is 76.5. The number of carbonyl (C=O) groups excluding carboxylic acids is 6. The van der Waals surface area contributed by atoms with E-state index in [4.69, 9.17) is 16.7 Å². The molecular weight excluding hydrogens is 1230 g/mol. The molecule has 3 saturated heterocycles. The number of Topliss-reactive ketones (excluding diaryl/α,β-unsaturated/α-hetero) is 2. The van der Waals surface area contributed by atoms with E-state index in [1.54, 1.807) is 89.3 Å². The molecule has 0 radical (unpaired) electrons. The van der Waals surface area contributed by atoms with E-state index in [0.29, 0.717) is 91.6 Å². The van der Waals surface area contributed by atoms with Crippen LogP contribution in [0.4, 0.5) is 8.78 Å². The molecule has 5 aromatic rings. The highest BCUT2D eigenvalue weighted by Crippen LogP contribution is 2.48. The molecule has 20 nitrogen and oxygen atoms in total. The van der Waals surface area contributed by atoms with E-state index in [2.05, 4.69) is 51.2 Å². The molecule has 3 unspecified atom stereocenters. The maximum Gasteiger partial charge on any atom is 0.356 e. The lowest BCUT2D eigenvalue weighted by atomic mass is 9.62. The molecular formula is C72H99ClF2N12O8. The molecule has 0 bridgehead atoms. The molecule has 6 heterocycles. The smallest absolute Gasteiger partial charge is 0.356 e. The van der Waals surface area contributed by atoms with E-state index in [9.17, 15) is 42.3 Å². The summed E-state index contributed by atoms with van der Waals surface area (Å²) in [6.07, 6.45) is 19.5. The van der Waals surface area contributed by atoms with E-state index >= 15 is 0 Å². The molecule has 3 aromatic heterocycles. The molecule has 2 saturated carbocycles. The van der Waals surface area contributed by atoms with Crippen molar-refractivity contribution in [3.8, 4) is 0 Å². The summed E-state index contributed by atoms with van der Waals surface area (Å²) in [6, 6.07) is 10.0. The van der Waals surface area contributed by atoms with Crippen LogP contribution in [-0.4, -0.2) is 149 Å². The van der Waals surface area contributed by atoms with Crippen LogP contribution in [0.1, 0.15) is 191 Å². The van der Waals surface area contributed by atoms with Gasteiger partial charge in [-0.1, -0.05) is 81.8 Å². The molecule has 5 atom stereocenters. The molecule has 95 heavy (non-hydrogen) atoms. The topological polar surface area (TPSA) is 272 Å². The van der Waals surface area contributed by atoms with Crippen molar-refractivity contribution >= 4 is 52.8 Å². The van der Waals surface area contributed by atoms with Crippen LogP contribution < -0.4 is 21.3 Å². The normalized spacial score (nSPS) is 20.0. The van der Waals surface area contributed by atoms with Crippen molar-refractivity contribution in [2.24, 2.45) is 22.7 Å². The Morgan fingerprint density at radius 2 is 0.979 bits per heavy atom. The lowest BCUT2D eigenvalue weighted by Gasteiger charge is -2.47. The molecule has 516 valence electrons. The van der Waals surface area contributed by atoms with Gasteiger partial charge in [-0.25, -0.2) is 28.5 Å². The summed E-state index contributed by atoms with van der Waals surface area (Å²) < 4.78 is 27.0. The van der Waals surface area contributed by atoms with Crippen LogP contribution in [0, 0.1) is 75.8 Å². The Bertz CT molecular complexity index is 3420. The number of hydrogen-bond acceptors (Lipinski definition) is 15. The third kappa shape index (κ3) is 20.7. The fourth-order valence-corrected chi connectivity index (χ4v) is 14.2. The second-order valence-electron chi connectivity index (χ2n) is 26.3. The maximum atomic E-state index is 13.8. The first-order valence-electron chi connectivity index (χ1n) is 33.2. The van der Waals surface area contributed by atoms with Gasteiger partial charge in [0.2, 0.25) is 17.7 Å². The van der Waals surface area contributed by atoms with Crippen LogP contribution in [0.5, 0.6) is 0 Å². The van der Waals surface area contributed by atoms with Crippen LogP contribution in [0.15, 0.2) is 67.1 Å². The highest BCUT2D eigenvalue weighted by Gasteiger charge is 2.48. The zero-order chi connectivity index (χ0) is 68.4. The summed E-state index contributed by atoms with van der Waals surface area (Å²) in [5, 5.41) is 21.6. The minimum atomic E-state index is -1.03. The van der Waals surface area contributed by atoms with Gasteiger partial charge in [0.25, 0.3) is 5.91 Å². The molecule has 2 aliphatic carbocycles. The summed E-state index contributed by atoms with van der Waals surface area (Å²) >= 11 is 5.64. The Labute approximate surface area is 564 Å². The van der Waals surface area contributed by atoms with Crippen molar-refractivity contribution < 1.29 is 47.4 Å². The largest absolute Gasteiger partial charge is 0.476 e. The zero-order valence-electron chi connectivity index (χ0n) is 56.3. The van der Waals surface area contributed by atoms with E-state index in [-0.39, 0.29) is 95.5 Å². The van der Waals surface area contributed by atoms with Gasteiger partial charge in [0.05, 0.1) is 34.2 Å². The number of aryl methyl sites for hydroxylation is 6. The fourth-order valence-electron chi connectivity index (χ4n) is 14.0. The number of nitrogens with zero attached hydrogens (tertiary/aromatic N) is 8. The van der Waals surface area contributed by atoms with Crippen LogP contribution in [0.25, 0.3) is 0 Å². The number of hydrogen-bond donors (Lipinski definition) is 5. The van der Waals surface area contributed by atoms with Gasteiger partial charge in [0.1, 0.15) is 47.0 Å². The highest BCUT2D eigenvalue weighted by molar-refractivity contribution is 6.30. The van der Waals surface area contributed by atoms with Crippen molar-refractivity contribution in [3.63, 3.8) is 0 Å². The number of piperidine rings is 2. The number of piperazine rings is 1. The predicted octanol–water partition coefficient (Wildman–Crippen LogP) is 10.5. The van der Waals surface area contributed by atoms with Gasteiger partial charge < -0.3 is 36.2 Å². The summed E-state index contributed by atoms with van der Waals surface area (Å²) in [7, 11) is 0. The molecule has 4 amide bonds. The van der Waals surface area contributed by atoms with Gasteiger partial charge in [-0.05, 0) is 168 Å². The van der Waals surface area contributed by atoms with Crippen molar-refractivity contribution in [3.05, 3.63) is 141 Å². The lowest BCUT2D eigenvalue weighted by molar-refractivity contribution is -0.144. The second kappa shape index (κ2) is 35.4. The average Bonchev–Trinajstić information content (AvgIpc) is 0.787. The van der Waals surface area contributed by atoms with Gasteiger partial charge in [-0.2, -0.15) is 0 Å². The van der Waals surface area contributed by atoms with Crippen LogP contribution >= 0.6 is 11.6 Å². The SMILES string of the molecule is C.CC(=O)C1(C2CCCCC2)CCN(C(=O)[C@@H](Cc2ccc(F)cc2)NC(=O)C2NC(C)CNC2C)CC1.CC(=O)C1(C2CCCCC2)CCN(C(=O)[C@@H](Cc2ccc(F)cc2)NC(=O)c2nc(C)cnc2C)CC1.Cc1cnc(C)c(C(=O)O)n1.Cc1cnc(C)c(Cl)n1. The van der Waals surface area contributed by atoms with Gasteiger partial charge in [-0.3, -0.25) is 43.7 Å². The number of aromatic nitrogens is 6. The number of amides is 4. The first-order valence-corrected chi connectivity index (χ1v) is 33.6. The van der Waals surface area contributed by atoms with Crippen molar-refractivity contribution in [2.45, 2.75) is 210 Å². The molecule has 10 rings (SSSR count). The Hall–Kier alpha value is -7.56. The molecule has 5 N–H and O–H groups in total. The van der Waals surface area contributed by atoms with Crippen molar-refractivity contribution in [1.82, 2.24) is 61.0 Å². The van der Waals surface area contributed by atoms with Crippen LogP contribution in [-0.2, 0) is 36.8 Å². The van der Waals surface area contributed by atoms with E-state index in [0.717, 1.165) is 67.6 Å². The number of likely N-dealkylation sites (tertiary alicyclic amines) is 2. The minimum absolute atomic E-state index is 0. The van der Waals surface area contributed by atoms with E-state index in [1.807, 2.05) is 32.6 Å². The van der Waals surface area contributed by atoms with E-state index < -0.39 is 30.0 Å². The summed E-state index contributed by atoms with van der Waals surface area (Å²) in [6.45, 7) is 20.6. The third-order valence-electron chi connectivity index (χ3n) is 19.6. The predicted molar refractivity (Wildman–Crippen MR) is 361 cm³/mol. The highest BCUT2D eigenvalue weighted by atomic mass is 35.5. The zero-order valence-corrected chi connectivity index (χ0v) is 57.0. The average molecular weight is 1330 g/mol. The van der Waals surface area contributed by atoms with Gasteiger partial charge in [-0.15, -0.1) is 0 Å². The molecule has 2 aromatic carbocycles. The van der Waals surface area contributed by atoms with Gasteiger partial charge >= 0.3 is 5.97 Å². The number of carbonyl (C=O) groups is 7. The number of benzene rings is 2. The number of carboxylic acids is 1. The molecule has 3 aliphatic heterocycles. The Balaban J connectivity index is 0.000000231. The number of halogens is 3. The summed E-state index contributed by atoms with van der Waals surface area (Å²) in [4.78, 5) is 118. The molecule has 5 fully saturated rings. The van der Waals surface area contributed by atoms with Crippen LogP contribution in [0.2, 0.25) is 5.15 Å². The summed E-state index contributed by atoms with van der Waals surface area (Å²) in [5.74, 6) is -1.48. The standard InChI is InChI=1S/C29H43FN4O3.C29H37FN4O3.C7H8N2O2.C6H7ClN2.CH4/c2*1-19-18-31-20(2)26(32-19)27(36)33-25(17-22-9-11-24(30)12-10-22)28(37)34-15-13-29(14-16-34,21(3)35)23-7-5-4-6-8-23;1-4-3-8-5(2)6(9-4)7(10)11;1-4-3-8-5(2)6(7)9-4;/h9-12,19-20,23,25-26,31-32H,4-8,13-18H2,1-3H3,(H,33,36);9-12,18,23,25H,4-8,13-17H2,1-3H3,(H,33,36);3H,1-2H3,(H,10,11);3H,1-2H3;1H4/t19?,20?,25-,26?;25-;;;/m11.../s1. The Morgan fingerprint density at radius 3 is 1.37 bits per heavy atom. The monoisotopic (exact) mass is 1330 g/mol. The second-order valence-corrected chi connectivity index (χ2v) is 26.7. The quantitative estimate of drug-likeness (QED) is 0.0652. The van der Waals surface area contributed by atoms with Gasteiger partial charge in [0, 0.05) is 87.1 Å². The molecule has 0 spiro atoms. The van der Waals surface area contributed by atoms with E-state index in [1.165, 1.54) is 49.9 Å². The first-order chi connectivity index (χ1) is 44.7. The minimum Gasteiger partial charge on any atom is -0.476 e. The number of rotatable bonds is 15. The summed E-state index contributed by atoms with van der Waals surface area (Å²) in [5.41, 5.74) is 4.83. The Morgan fingerprint density at radius 1 is 0.589 bits per heavy atom. The fraction of sp³-hybridized carbons (Fsp3) is 0.569. The maximum absolute atomic E-state index is 13.8. The Kier molecular flexibility index (Phi) is 28.5. The van der Waals surface area contributed by atoms with Crippen LogP contribution in [0.3, 0.4) is 0 Å². The number of aromatic carboxylic acids is 1. The lowest BCUT2D eigenvalue weighted by Crippen LogP contribution is -2.65. The van der Waals surface area contributed by atoms with Gasteiger partial charge in [0.15, 0.2) is 10.8 Å². The molecule has 5 aliphatic rings. The number of ketones is 2. The van der Waals surface area contributed by atoms with Crippen molar-refractivity contribution in [1.29, 1.82) is 0 Å².